The van der Waals surface area contributed by atoms with E-state index in [4.69, 9.17) is 14.0 Å². The van der Waals surface area contributed by atoms with Gasteiger partial charge in [0, 0.05) is 22.9 Å². The van der Waals surface area contributed by atoms with Gasteiger partial charge in [0.2, 0.25) is 5.91 Å². The molecule has 30 heavy (non-hydrogen) atoms. The molecule has 3 rings (SSSR count). The quantitative estimate of drug-likeness (QED) is 0.520. The third-order valence-corrected chi connectivity index (χ3v) is 5.60. The largest absolute Gasteiger partial charge is 0.497 e. The molecule has 0 atom stereocenters. The molecule has 0 radical (unpaired) electrons. The lowest BCUT2D eigenvalue weighted by molar-refractivity contribution is -0.116. The second-order valence-electron chi connectivity index (χ2n) is 6.65. The molecular formula is C22H24N2O5S. The fourth-order valence-electron chi connectivity index (χ4n) is 3.13. The Morgan fingerprint density at radius 1 is 1.20 bits per heavy atom. The average molecular weight is 429 g/mol. The summed E-state index contributed by atoms with van der Waals surface area (Å²) in [5, 5.41) is 9.10. The number of aryl methyl sites for hydroxylation is 2. The van der Waals surface area contributed by atoms with Gasteiger partial charge in [-0.2, -0.15) is 0 Å². The molecule has 1 N–H and O–H groups in total. The van der Waals surface area contributed by atoms with Gasteiger partial charge in [0.25, 0.3) is 0 Å². The molecule has 0 saturated heterocycles. The molecule has 8 heteroatoms. The molecule has 1 amide bonds. The molecule has 2 heterocycles. The van der Waals surface area contributed by atoms with Crippen LogP contribution in [-0.4, -0.2) is 30.7 Å². The number of rotatable bonds is 8. The number of amides is 1. The van der Waals surface area contributed by atoms with Crippen molar-refractivity contribution in [1.29, 1.82) is 0 Å². The SMILES string of the molecule is CCOC(=O)c1c(-c2ccc(OC)cc2)csc1NC(=O)CCc1c(C)noc1C. The Kier molecular flexibility index (Phi) is 6.89. The van der Waals surface area contributed by atoms with E-state index in [0.29, 0.717) is 28.3 Å². The van der Waals surface area contributed by atoms with Gasteiger partial charge in [-0.1, -0.05) is 17.3 Å². The highest BCUT2D eigenvalue weighted by Crippen LogP contribution is 2.37. The highest BCUT2D eigenvalue weighted by molar-refractivity contribution is 7.15. The molecule has 0 fully saturated rings. The van der Waals surface area contributed by atoms with E-state index in [2.05, 4.69) is 10.5 Å². The molecular weight excluding hydrogens is 404 g/mol. The lowest BCUT2D eigenvalue weighted by atomic mass is 10.0. The van der Waals surface area contributed by atoms with Crippen LogP contribution in [-0.2, 0) is 16.0 Å². The molecule has 0 spiro atoms. The molecule has 0 saturated carbocycles. The number of anilines is 1. The van der Waals surface area contributed by atoms with Crippen LogP contribution in [0.5, 0.6) is 5.75 Å². The fourth-order valence-corrected chi connectivity index (χ4v) is 4.10. The number of carbonyl (C=O) groups is 2. The van der Waals surface area contributed by atoms with Crippen LogP contribution < -0.4 is 10.1 Å². The predicted octanol–water partition coefficient (Wildman–Crippen LogP) is 4.78. The number of hydrogen-bond donors (Lipinski definition) is 1. The maximum atomic E-state index is 12.6. The maximum absolute atomic E-state index is 12.6. The maximum Gasteiger partial charge on any atom is 0.341 e. The Hall–Kier alpha value is -3.13. The van der Waals surface area contributed by atoms with Crippen molar-refractivity contribution in [3.8, 4) is 16.9 Å². The summed E-state index contributed by atoms with van der Waals surface area (Å²) in [6, 6.07) is 7.38. The van der Waals surface area contributed by atoms with Crippen molar-refractivity contribution in [3.05, 3.63) is 52.2 Å². The normalized spacial score (nSPS) is 10.7. The van der Waals surface area contributed by atoms with Crippen LogP contribution in [0, 0.1) is 13.8 Å². The second-order valence-corrected chi connectivity index (χ2v) is 7.53. The Bertz CT molecular complexity index is 1020. The van der Waals surface area contributed by atoms with Gasteiger partial charge in [-0.15, -0.1) is 11.3 Å². The Morgan fingerprint density at radius 3 is 2.53 bits per heavy atom. The molecule has 2 aromatic heterocycles. The van der Waals surface area contributed by atoms with E-state index in [1.165, 1.54) is 11.3 Å². The third-order valence-electron chi connectivity index (χ3n) is 4.71. The van der Waals surface area contributed by atoms with Crippen LogP contribution in [0.4, 0.5) is 5.00 Å². The van der Waals surface area contributed by atoms with Gasteiger partial charge >= 0.3 is 5.97 Å². The number of hydrogen-bond acceptors (Lipinski definition) is 7. The summed E-state index contributed by atoms with van der Waals surface area (Å²) < 4.78 is 15.6. The number of aromatic nitrogens is 1. The Morgan fingerprint density at radius 2 is 1.93 bits per heavy atom. The van der Waals surface area contributed by atoms with E-state index < -0.39 is 5.97 Å². The number of nitrogens with one attached hydrogen (secondary N) is 1. The van der Waals surface area contributed by atoms with Crippen molar-refractivity contribution in [1.82, 2.24) is 5.16 Å². The molecule has 0 aliphatic carbocycles. The van der Waals surface area contributed by atoms with Crippen molar-refractivity contribution in [2.45, 2.75) is 33.6 Å². The fraction of sp³-hybridized carbons (Fsp3) is 0.318. The predicted molar refractivity (Wildman–Crippen MR) is 115 cm³/mol. The van der Waals surface area contributed by atoms with E-state index >= 15 is 0 Å². The number of thiophene rings is 1. The van der Waals surface area contributed by atoms with Crippen molar-refractivity contribution in [2.24, 2.45) is 0 Å². The van der Waals surface area contributed by atoms with Crippen molar-refractivity contribution >= 4 is 28.2 Å². The zero-order valence-corrected chi connectivity index (χ0v) is 18.2. The molecule has 3 aromatic rings. The van der Waals surface area contributed by atoms with E-state index in [9.17, 15) is 9.59 Å². The van der Waals surface area contributed by atoms with Gasteiger partial charge in [0.1, 0.15) is 22.1 Å². The van der Waals surface area contributed by atoms with Crippen LogP contribution in [0.2, 0.25) is 0 Å². The first-order chi connectivity index (χ1) is 14.4. The van der Waals surface area contributed by atoms with Gasteiger partial charge in [-0.25, -0.2) is 4.79 Å². The molecule has 7 nitrogen and oxygen atoms in total. The number of benzene rings is 1. The minimum Gasteiger partial charge on any atom is -0.497 e. The Labute approximate surface area is 179 Å². The molecule has 158 valence electrons. The summed E-state index contributed by atoms with van der Waals surface area (Å²) >= 11 is 1.30. The van der Waals surface area contributed by atoms with Gasteiger partial charge < -0.3 is 19.3 Å². The van der Waals surface area contributed by atoms with E-state index in [0.717, 1.165) is 22.6 Å². The minimum atomic E-state index is -0.467. The molecule has 1 aromatic carbocycles. The first-order valence-electron chi connectivity index (χ1n) is 9.59. The van der Waals surface area contributed by atoms with Crippen LogP contribution in [0.25, 0.3) is 11.1 Å². The number of carbonyl (C=O) groups excluding carboxylic acids is 2. The smallest absolute Gasteiger partial charge is 0.341 e. The van der Waals surface area contributed by atoms with E-state index in [1.807, 2.05) is 43.5 Å². The highest BCUT2D eigenvalue weighted by atomic mass is 32.1. The zero-order chi connectivity index (χ0) is 21.7. The summed E-state index contributed by atoms with van der Waals surface area (Å²) in [6.45, 7) is 5.67. The average Bonchev–Trinajstić information content (AvgIpc) is 3.29. The summed E-state index contributed by atoms with van der Waals surface area (Å²) in [6.07, 6.45) is 0.763. The van der Waals surface area contributed by atoms with Crippen LogP contribution >= 0.6 is 11.3 Å². The van der Waals surface area contributed by atoms with Crippen LogP contribution in [0.1, 0.15) is 40.7 Å². The molecule has 0 aliphatic heterocycles. The Balaban J connectivity index is 1.82. The monoisotopic (exact) mass is 428 g/mol. The number of methoxy groups -OCH3 is 1. The van der Waals surface area contributed by atoms with Crippen molar-refractivity contribution in [3.63, 3.8) is 0 Å². The van der Waals surface area contributed by atoms with Crippen molar-refractivity contribution in [2.75, 3.05) is 19.0 Å². The number of nitrogens with zero attached hydrogens (tertiary/aromatic N) is 1. The van der Waals surface area contributed by atoms with E-state index in [-0.39, 0.29) is 18.9 Å². The molecule has 0 bridgehead atoms. The minimum absolute atomic E-state index is 0.191. The molecule has 0 unspecified atom stereocenters. The van der Waals surface area contributed by atoms with Gasteiger partial charge in [0.15, 0.2) is 0 Å². The summed E-state index contributed by atoms with van der Waals surface area (Å²) in [4.78, 5) is 25.2. The lowest BCUT2D eigenvalue weighted by Gasteiger charge is -2.09. The lowest BCUT2D eigenvalue weighted by Crippen LogP contribution is -2.15. The topological polar surface area (TPSA) is 90.7 Å². The summed E-state index contributed by atoms with van der Waals surface area (Å²) in [7, 11) is 1.60. The summed E-state index contributed by atoms with van der Waals surface area (Å²) in [5.41, 5.74) is 3.62. The second kappa shape index (κ2) is 9.58. The first kappa shape index (κ1) is 21.6. The van der Waals surface area contributed by atoms with E-state index in [1.54, 1.807) is 14.0 Å². The third kappa shape index (κ3) is 4.71. The van der Waals surface area contributed by atoms with Crippen molar-refractivity contribution < 1.29 is 23.6 Å². The summed E-state index contributed by atoms with van der Waals surface area (Å²) in [5.74, 6) is 0.777. The number of esters is 1. The number of ether oxygens (including phenoxy) is 2. The van der Waals surface area contributed by atoms with Gasteiger partial charge in [-0.3, -0.25) is 4.79 Å². The zero-order valence-electron chi connectivity index (χ0n) is 17.4. The van der Waals surface area contributed by atoms with Crippen LogP contribution in [0.15, 0.2) is 34.2 Å². The van der Waals surface area contributed by atoms with Gasteiger partial charge in [0.05, 0.1) is 19.4 Å². The highest BCUT2D eigenvalue weighted by Gasteiger charge is 2.23. The molecule has 0 aliphatic rings. The standard InChI is InChI=1S/C22H24N2O5S/c1-5-28-22(26)20-18(15-6-8-16(27-4)9-7-15)12-30-21(20)23-19(25)11-10-17-13(2)24-29-14(17)3/h6-9,12H,5,10-11H2,1-4H3,(H,23,25). The first-order valence-corrected chi connectivity index (χ1v) is 10.5. The van der Waals surface area contributed by atoms with Gasteiger partial charge in [-0.05, 0) is 44.9 Å². The van der Waals surface area contributed by atoms with Crippen LogP contribution in [0.3, 0.4) is 0 Å².